The molecule has 0 radical (unpaired) electrons. The number of hydrogen-bond donors (Lipinski definition) is 1. The number of benzene rings is 2. The van der Waals surface area contributed by atoms with Crippen LogP contribution in [-0.4, -0.2) is 25.5 Å². The predicted molar refractivity (Wildman–Crippen MR) is 91.1 cm³/mol. The molecule has 2 amide bonds. The average Bonchev–Trinajstić information content (AvgIpc) is 2.53. The highest BCUT2D eigenvalue weighted by Crippen LogP contribution is 2.31. The van der Waals surface area contributed by atoms with Crippen molar-refractivity contribution in [2.45, 2.75) is 6.92 Å². The van der Waals surface area contributed by atoms with E-state index in [0.29, 0.717) is 22.1 Å². The van der Waals surface area contributed by atoms with Crippen molar-refractivity contribution in [2.75, 3.05) is 23.9 Å². The molecule has 0 aromatic heterocycles. The molecule has 0 unspecified atom stereocenters. The number of carbonyl (C=O) groups excluding carboxylic acids is 2. The van der Waals surface area contributed by atoms with Gasteiger partial charge in [0.25, 0.3) is 0 Å². The van der Waals surface area contributed by atoms with Crippen molar-refractivity contribution in [2.24, 2.45) is 0 Å². The summed E-state index contributed by atoms with van der Waals surface area (Å²) in [5, 5.41) is 3.20. The maximum absolute atomic E-state index is 12.2. The Bertz CT molecular complexity index is 704. The number of anilines is 2. The zero-order chi connectivity index (χ0) is 16.8. The van der Waals surface area contributed by atoms with Gasteiger partial charge < -0.3 is 10.1 Å². The van der Waals surface area contributed by atoms with Crippen molar-refractivity contribution in [3.8, 4) is 5.75 Å². The Balaban J connectivity index is 2.21. The summed E-state index contributed by atoms with van der Waals surface area (Å²) in [5.74, 6) is -0.126. The first-order chi connectivity index (χ1) is 11.0. The smallest absolute Gasteiger partial charge is 0.244 e. The van der Waals surface area contributed by atoms with Gasteiger partial charge in [0.15, 0.2) is 0 Å². The summed E-state index contributed by atoms with van der Waals surface area (Å²) in [4.78, 5) is 25.5. The topological polar surface area (TPSA) is 58.6 Å². The van der Waals surface area contributed by atoms with Crippen molar-refractivity contribution in [1.82, 2.24) is 0 Å². The highest BCUT2D eigenvalue weighted by atomic mass is 35.5. The van der Waals surface area contributed by atoms with E-state index in [1.807, 2.05) is 18.2 Å². The van der Waals surface area contributed by atoms with Crippen LogP contribution in [0, 0.1) is 0 Å². The quantitative estimate of drug-likeness (QED) is 0.913. The van der Waals surface area contributed by atoms with Crippen LogP contribution in [0.25, 0.3) is 0 Å². The van der Waals surface area contributed by atoms with Gasteiger partial charge in [-0.3, -0.25) is 14.5 Å². The first kappa shape index (κ1) is 16.8. The van der Waals surface area contributed by atoms with Crippen molar-refractivity contribution in [1.29, 1.82) is 0 Å². The third-order valence-corrected chi connectivity index (χ3v) is 3.41. The Morgan fingerprint density at radius 3 is 2.48 bits per heavy atom. The summed E-state index contributed by atoms with van der Waals surface area (Å²) in [6.07, 6.45) is 0. The maximum Gasteiger partial charge on any atom is 0.244 e. The van der Waals surface area contributed by atoms with Gasteiger partial charge in [0.05, 0.1) is 12.8 Å². The van der Waals surface area contributed by atoms with Gasteiger partial charge in [0, 0.05) is 17.6 Å². The lowest BCUT2D eigenvalue weighted by Gasteiger charge is -2.23. The molecule has 120 valence electrons. The molecule has 0 heterocycles. The summed E-state index contributed by atoms with van der Waals surface area (Å²) < 4.78 is 5.25. The molecular weight excluding hydrogens is 316 g/mol. The van der Waals surface area contributed by atoms with Crippen LogP contribution in [-0.2, 0) is 9.59 Å². The van der Waals surface area contributed by atoms with Crippen LogP contribution in [0.4, 0.5) is 11.4 Å². The molecule has 0 spiro atoms. The van der Waals surface area contributed by atoms with Gasteiger partial charge in [-0.2, -0.15) is 0 Å². The van der Waals surface area contributed by atoms with Crippen molar-refractivity contribution >= 4 is 34.8 Å². The number of amides is 2. The average molecular weight is 333 g/mol. The van der Waals surface area contributed by atoms with Crippen LogP contribution in [0.5, 0.6) is 5.75 Å². The molecule has 0 fully saturated rings. The molecule has 23 heavy (non-hydrogen) atoms. The Morgan fingerprint density at radius 2 is 1.87 bits per heavy atom. The van der Waals surface area contributed by atoms with Gasteiger partial charge in [-0.15, -0.1) is 0 Å². The van der Waals surface area contributed by atoms with Gasteiger partial charge >= 0.3 is 0 Å². The summed E-state index contributed by atoms with van der Waals surface area (Å²) >= 11 is 5.99. The summed E-state index contributed by atoms with van der Waals surface area (Å²) in [7, 11) is 1.50. The normalized spacial score (nSPS) is 10.0. The Hall–Kier alpha value is -2.53. The van der Waals surface area contributed by atoms with E-state index < -0.39 is 0 Å². The number of nitrogens with one attached hydrogen (secondary N) is 1. The fourth-order valence-electron chi connectivity index (χ4n) is 2.11. The number of nitrogens with zero attached hydrogens (tertiary/aromatic N) is 1. The van der Waals surface area contributed by atoms with Gasteiger partial charge in [-0.1, -0.05) is 29.8 Å². The lowest BCUT2D eigenvalue weighted by atomic mass is 10.2. The summed E-state index contributed by atoms with van der Waals surface area (Å²) in [5.41, 5.74) is 1.12. The van der Waals surface area contributed by atoms with E-state index in [1.54, 1.807) is 30.3 Å². The number of rotatable bonds is 5. The Morgan fingerprint density at radius 1 is 1.17 bits per heavy atom. The highest BCUT2D eigenvalue weighted by Gasteiger charge is 2.20. The number of hydrogen-bond acceptors (Lipinski definition) is 3. The minimum atomic E-state index is -0.312. The highest BCUT2D eigenvalue weighted by molar-refractivity contribution is 6.31. The Kier molecular flexibility index (Phi) is 5.60. The van der Waals surface area contributed by atoms with E-state index in [4.69, 9.17) is 16.3 Å². The third kappa shape index (κ3) is 4.47. The van der Waals surface area contributed by atoms with Crippen molar-refractivity contribution in [3.63, 3.8) is 0 Å². The molecule has 0 aliphatic carbocycles. The van der Waals surface area contributed by atoms with E-state index in [-0.39, 0.29) is 18.4 Å². The van der Waals surface area contributed by atoms with Crippen LogP contribution in [0.1, 0.15) is 6.92 Å². The Labute approximate surface area is 139 Å². The molecule has 2 aromatic rings. The second-order valence-corrected chi connectivity index (χ2v) is 5.27. The van der Waals surface area contributed by atoms with Crippen LogP contribution in [0.2, 0.25) is 5.02 Å². The van der Waals surface area contributed by atoms with E-state index in [9.17, 15) is 9.59 Å². The summed E-state index contributed by atoms with van der Waals surface area (Å²) in [6.45, 7) is 1.25. The second-order valence-electron chi connectivity index (χ2n) is 4.84. The molecule has 0 atom stereocenters. The SMILES string of the molecule is COc1ccc(Cl)cc1N(CC(=O)Nc1ccccc1)C(C)=O. The molecule has 6 heteroatoms. The fraction of sp³-hybridized carbons (Fsp3) is 0.176. The van der Waals surface area contributed by atoms with Crippen LogP contribution >= 0.6 is 11.6 Å². The number of halogens is 1. The largest absolute Gasteiger partial charge is 0.495 e. The zero-order valence-electron chi connectivity index (χ0n) is 12.9. The molecule has 0 saturated heterocycles. The van der Waals surface area contributed by atoms with E-state index >= 15 is 0 Å². The molecule has 0 aliphatic rings. The predicted octanol–water partition coefficient (Wildman–Crippen LogP) is 3.34. The number of para-hydroxylation sites is 1. The van der Waals surface area contributed by atoms with Gasteiger partial charge in [0.2, 0.25) is 11.8 Å². The van der Waals surface area contributed by atoms with Crippen molar-refractivity contribution < 1.29 is 14.3 Å². The minimum absolute atomic E-state index is 0.138. The van der Waals surface area contributed by atoms with Crippen LogP contribution < -0.4 is 15.0 Å². The van der Waals surface area contributed by atoms with E-state index in [0.717, 1.165) is 0 Å². The number of methoxy groups -OCH3 is 1. The lowest BCUT2D eigenvalue weighted by molar-refractivity contribution is -0.120. The van der Waals surface area contributed by atoms with E-state index in [2.05, 4.69) is 5.32 Å². The van der Waals surface area contributed by atoms with Crippen LogP contribution in [0.15, 0.2) is 48.5 Å². The zero-order valence-corrected chi connectivity index (χ0v) is 13.6. The van der Waals surface area contributed by atoms with Gasteiger partial charge in [-0.05, 0) is 30.3 Å². The second kappa shape index (κ2) is 7.65. The van der Waals surface area contributed by atoms with E-state index in [1.165, 1.54) is 18.9 Å². The molecule has 5 nitrogen and oxygen atoms in total. The first-order valence-corrected chi connectivity index (χ1v) is 7.35. The lowest BCUT2D eigenvalue weighted by Crippen LogP contribution is -2.36. The first-order valence-electron chi connectivity index (χ1n) is 6.98. The third-order valence-electron chi connectivity index (χ3n) is 3.17. The van der Waals surface area contributed by atoms with Gasteiger partial charge in [-0.25, -0.2) is 0 Å². The summed E-state index contributed by atoms with van der Waals surface area (Å²) in [6, 6.07) is 13.9. The fourth-order valence-corrected chi connectivity index (χ4v) is 2.27. The number of carbonyl (C=O) groups is 2. The molecular formula is C17H17ClN2O3. The minimum Gasteiger partial charge on any atom is -0.495 e. The molecule has 2 rings (SSSR count). The van der Waals surface area contributed by atoms with Crippen molar-refractivity contribution in [3.05, 3.63) is 53.6 Å². The molecule has 0 aliphatic heterocycles. The van der Waals surface area contributed by atoms with Gasteiger partial charge in [0.1, 0.15) is 12.3 Å². The monoisotopic (exact) mass is 332 g/mol. The molecule has 0 bridgehead atoms. The standard InChI is InChI=1S/C17H17ClN2O3/c1-12(21)20(15-10-13(18)8-9-16(15)23-2)11-17(22)19-14-6-4-3-5-7-14/h3-10H,11H2,1-2H3,(H,19,22). The molecule has 2 aromatic carbocycles. The number of ether oxygens (including phenoxy) is 1. The molecule has 0 saturated carbocycles. The maximum atomic E-state index is 12.2. The molecule has 1 N–H and O–H groups in total. The van der Waals surface area contributed by atoms with Crippen LogP contribution in [0.3, 0.4) is 0 Å².